The fourth-order valence-corrected chi connectivity index (χ4v) is 3.70. The summed E-state index contributed by atoms with van der Waals surface area (Å²) in [7, 11) is 0. The molecule has 1 aliphatic heterocycles. The smallest absolute Gasteiger partial charge is 0.229 e. The molecule has 5 nitrogen and oxygen atoms in total. The lowest BCUT2D eigenvalue weighted by Crippen LogP contribution is -2.22. The molecule has 1 aliphatic rings. The van der Waals surface area contributed by atoms with Crippen LogP contribution < -0.4 is 10.5 Å². The van der Waals surface area contributed by atoms with E-state index in [-0.39, 0.29) is 5.88 Å². The molecule has 0 aliphatic carbocycles. The van der Waals surface area contributed by atoms with E-state index in [9.17, 15) is 5.26 Å². The van der Waals surface area contributed by atoms with Crippen LogP contribution in [0.5, 0.6) is 5.88 Å². The highest BCUT2D eigenvalue weighted by Crippen LogP contribution is 2.45. The lowest BCUT2D eigenvalue weighted by Gasteiger charge is -2.25. The van der Waals surface area contributed by atoms with E-state index in [1.165, 1.54) is 0 Å². The highest BCUT2D eigenvalue weighted by Gasteiger charge is 2.36. The zero-order chi connectivity index (χ0) is 19.1. The van der Waals surface area contributed by atoms with Crippen LogP contribution in [-0.4, -0.2) is 9.78 Å². The normalized spacial score (nSPS) is 15.9. The van der Waals surface area contributed by atoms with Crippen LogP contribution in [0.2, 0.25) is 10.0 Å². The summed E-state index contributed by atoms with van der Waals surface area (Å²) in [6.45, 7) is 1.87. The molecule has 0 bridgehead atoms. The van der Waals surface area contributed by atoms with Crippen molar-refractivity contribution in [3.63, 3.8) is 0 Å². The summed E-state index contributed by atoms with van der Waals surface area (Å²) in [5.74, 6) is 0.111. The maximum atomic E-state index is 9.69. The quantitative estimate of drug-likeness (QED) is 0.680. The van der Waals surface area contributed by atoms with Gasteiger partial charge in [0.05, 0.1) is 22.9 Å². The lowest BCUT2D eigenvalue weighted by molar-refractivity contribution is 0.367. The molecular formula is C20H14Cl2N4O. The predicted octanol–water partition coefficient (Wildman–Crippen LogP) is 4.71. The molecule has 0 unspecified atom stereocenters. The molecule has 1 aromatic heterocycles. The standard InChI is InChI=1S/C20H14Cl2N4O/c1-11-17-18(12-4-2-5-13(21)8-12)16(10-23)19(24)27-20(17)26(25-11)15-7-3-6-14(22)9-15/h2-9,18H,24H2,1H3/t18-/m1/s1. The summed E-state index contributed by atoms with van der Waals surface area (Å²) in [6, 6.07) is 16.8. The Kier molecular flexibility index (Phi) is 4.31. The Morgan fingerprint density at radius 1 is 1.15 bits per heavy atom. The summed E-state index contributed by atoms with van der Waals surface area (Å²) < 4.78 is 7.47. The zero-order valence-corrected chi connectivity index (χ0v) is 15.8. The molecule has 27 heavy (non-hydrogen) atoms. The van der Waals surface area contributed by atoms with Crippen LogP contribution in [0.3, 0.4) is 0 Å². The van der Waals surface area contributed by atoms with Gasteiger partial charge in [0.1, 0.15) is 11.6 Å². The number of nitriles is 1. The van der Waals surface area contributed by atoms with Crippen LogP contribution in [0.25, 0.3) is 5.69 Å². The number of hydrogen-bond donors (Lipinski definition) is 1. The van der Waals surface area contributed by atoms with Crippen molar-refractivity contribution < 1.29 is 4.74 Å². The Labute approximate surface area is 166 Å². The van der Waals surface area contributed by atoms with Crippen LogP contribution in [0, 0.1) is 18.3 Å². The van der Waals surface area contributed by atoms with Crippen molar-refractivity contribution in [3.05, 3.63) is 86.9 Å². The first-order valence-corrected chi connectivity index (χ1v) is 8.93. The third-order valence-corrected chi connectivity index (χ3v) is 4.94. The van der Waals surface area contributed by atoms with Crippen molar-refractivity contribution in [1.82, 2.24) is 9.78 Å². The van der Waals surface area contributed by atoms with Gasteiger partial charge in [-0.2, -0.15) is 10.4 Å². The summed E-state index contributed by atoms with van der Waals surface area (Å²) >= 11 is 12.3. The molecule has 0 saturated carbocycles. The number of allylic oxidation sites excluding steroid dienone is 1. The van der Waals surface area contributed by atoms with E-state index in [1.54, 1.807) is 22.9 Å². The summed E-state index contributed by atoms with van der Waals surface area (Å²) in [5.41, 5.74) is 9.52. The molecule has 4 rings (SSSR count). The van der Waals surface area contributed by atoms with Crippen molar-refractivity contribution >= 4 is 23.2 Å². The Morgan fingerprint density at radius 3 is 2.52 bits per heavy atom. The Morgan fingerprint density at radius 2 is 1.85 bits per heavy atom. The fourth-order valence-electron chi connectivity index (χ4n) is 3.32. The summed E-state index contributed by atoms with van der Waals surface area (Å²) in [5, 5.41) is 15.5. The van der Waals surface area contributed by atoms with Crippen LogP contribution in [0.4, 0.5) is 0 Å². The number of benzene rings is 2. The molecule has 2 N–H and O–H groups in total. The first-order chi connectivity index (χ1) is 13.0. The van der Waals surface area contributed by atoms with Crippen molar-refractivity contribution in [1.29, 1.82) is 5.26 Å². The SMILES string of the molecule is Cc1nn(-c2cccc(Cl)c2)c2c1[C@H](c1cccc(Cl)c1)C(C#N)=C(N)O2. The Balaban J connectivity index is 1.97. The van der Waals surface area contributed by atoms with Crippen molar-refractivity contribution in [2.75, 3.05) is 0 Å². The van der Waals surface area contributed by atoms with E-state index < -0.39 is 5.92 Å². The minimum Gasteiger partial charge on any atom is -0.422 e. The molecule has 134 valence electrons. The minimum atomic E-state index is -0.412. The molecule has 0 radical (unpaired) electrons. The molecule has 0 spiro atoms. The topological polar surface area (TPSA) is 76.9 Å². The summed E-state index contributed by atoms with van der Waals surface area (Å²) in [6.07, 6.45) is 0. The number of aromatic nitrogens is 2. The first kappa shape index (κ1) is 17.5. The minimum absolute atomic E-state index is 0.0538. The van der Waals surface area contributed by atoms with Crippen molar-refractivity contribution in [2.24, 2.45) is 5.73 Å². The number of ether oxygens (including phenoxy) is 1. The van der Waals surface area contributed by atoms with Crippen LogP contribution in [-0.2, 0) is 0 Å². The molecule has 2 heterocycles. The van der Waals surface area contributed by atoms with Crippen molar-refractivity contribution in [3.8, 4) is 17.6 Å². The number of nitrogens with two attached hydrogens (primary N) is 1. The molecular weight excluding hydrogens is 383 g/mol. The predicted molar refractivity (Wildman–Crippen MR) is 104 cm³/mol. The van der Waals surface area contributed by atoms with E-state index >= 15 is 0 Å². The van der Waals surface area contributed by atoms with E-state index in [1.807, 2.05) is 37.3 Å². The van der Waals surface area contributed by atoms with Gasteiger partial charge in [-0.05, 0) is 42.8 Å². The molecule has 0 saturated heterocycles. The Hall–Kier alpha value is -2.94. The second-order valence-electron chi connectivity index (χ2n) is 6.18. The highest BCUT2D eigenvalue weighted by atomic mass is 35.5. The van der Waals surface area contributed by atoms with Gasteiger partial charge in [0.15, 0.2) is 0 Å². The van der Waals surface area contributed by atoms with Crippen LogP contribution in [0.1, 0.15) is 22.7 Å². The van der Waals surface area contributed by atoms with Gasteiger partial charge in [-0.1, -0.05) is 41.4 Å². The van der Waals surface area contributed by atoms with E-state index in [2.05, 4.69) is 11.2 Å². The van der Waals surface area contributed by atoms with Gasteiger partial charge in [0.2, 0.25) is 11.8 Å². The van der Waals surface area contributed by atoms with Gasteiger partial charge in [0, 0.05) is 10.0 Å². The number of rotatable bonds is 2. The summed E-state index contributed by atoms with van der Waals surface area (Å²) in [4.78, 5) is 0. The highest BCUT2D eigenvalue weighted by molar-refractivity contribution is 6.31. The molecule has 0 amide bonds. The lowest BCUT2D eigenvalue weighted by atomic mass is 9.84. The monoisotopic (exact) mass is 396 g/mol. The Bertz CT molecular complexity index is 1130. The van der Waals surface area contributed by atoms with E-state index in [0.717, 1.165) is 22.5 Å². The number of halogens is 2. The fraction of sp³-hybridized carbons (Fsp3) is 0.100. The first-order valence-electron chi connectivity index (χ1n) is 8.18. The van der Waals surface area contributed by atoms with E-state index in [0.29, 0.717) is 21.5 Å². The van der Waals surface area contributed by atoms with Crippen LogP contribution in [0.15, 0.2) is 60.0 Å². The largest absolute Gasteiger partial charge is 0.422 e. The molecule has 3 aromatic rings. The molecule has 2 aromatic carbocycles. The average molecular weight is 397 g/mol. The third kappa shape index (κ3) is 2.93. The maximum Gasteiger partial charge on any atom is 0.229 e. The zero-order valence-electron chi connectivity index (χ0n) is 14.3. The van der Waals surface area contributed by atoms with Gasteiger partial charge < -0.3 is 10.5 Å². The molecule has 0 fully saturated rings. The molecule has 7 heteroatoms. The van der Waals surface area contributed by atoms with Gasteiger partial charge >= 0.3 is 0 Å². The van der Waals surface area contributed by atoms with Crippen LogP contribution >= 0.6 is 23.2 Å². The second kappa shape index (κ2) is 6.66. The van der Waals surface area contributed by atoms with Gasteiger partial charge in [-0.3, -0.25) is 0 Å². The van der Waals surface area contributed by atoms with Gasteiger partial charge in [-0.25, -0.2) is 4.68 Å². The van der Waals surface area contributed by atoms with Gasteiger partial charge in [-0.15, -0.1) is 0 Å². The number of hydrogen-bond acceptors (Lipinski definition) is 4. The number of aryl methyl sites for hydroxylation is 1. The van der Waals surface area contributed by atoms with E-state index in [4.69, 9.17) is 33.7 Å². The average Bonchev–Trinajstić information content (AvgIpc) is 2.96. The molecule has 1 atom stereocenters. The number of fused-ring (bicyclic) bond motifs is 1. The second-order valence-corrected chi connectivity index (χ2v) is 7.05. The van der Waals surface area contributed by atoms with Crippen molar-refractivity contribution in [2.45, 2.75) is 12.8 Å². The third-order valence-electron chi connectivity index (χ3n) is 4.47. The van der Waals surface area contributed by atoms with Gasteiger partial charge in [0.25, 0.3) is 0 Å². The number of nitrogens with zero attached hydrogens (tertiary/aromatic N) is 3. The maximum absolute atomic E-state index is 9.69.